The highest BCUT2D eigenvalue weighted by Crippen LogP contribution is 2.13. The summed E-state index contributed by atoms with van der Waals surface area (Å²) in [5, 5.41) is 0.749. The van der Waals surface area contributed by atoms with Crippen LogP contribution in [0.25, 0.3) is 0 Å². The van der Waals surface area contributed by atoms with Crippen LogP contribution in [-0.2, 0) is 13.5 Å². The number of halogens is 1. The van der Waals surface area contributed by atoms with E-state index in [9.17, 15) is 4.79 Å². The zero-order chi connectivity index (χ0) is 13.0. The van der Waals surface area contributed by atoms with E-state index in [1.807, 2.05) is 54.2 Å². The first-order valence-corrected chi connectivity index (χ1v) is 6.43. The molecule has 0 amide bonds. The normalized spacial score (nSPS) is 10.6. The van der Waals surface area contributed by atoms with Gasteiger partial charge in [0.05, 0.1) is 5.69 Å². The first kappa shape index (κ1) is 12.9. The third-order valence-corrected chi connectivity index (χ3v) is 3.26. The molecule has 0 unspecified atom stereocenters. The Labute approximate surface area is 112 Å². The molecule has 2 aromatic rings. The van der Waals surface area contributed by atoms with Crippen molar-refractivity contribution in [2.75, 3.05) is 0 Å². The van der Waals surface area contributed by atoms with E-state index in [0.29, 0.717) is 6.42 Å². The van der Waals surface area contributed by atoms with Gasteiger partial charge in [-0.1, -0.05) is 23.7 Å². The van der Waals surface area contributed by atoms with Crippen LogP contribution in [0.1, 0.15) is 28.9 Å². The van der Waals surface area contributed by atoms with Crippen LogP contribution < -0.4 is 0 Å². The second-order valence-corrected chi connectivity index (χ2v) is 4.84. The highest BCUT2D eigenvalue weighted by Gasteiger charge is 2.08. The maximum absolute atomic E-state index is 11.9. The summed E-state index contributed by atoms with van der Waals surface area (Å²) in [6.45, 7) is 0. The maximum atomic E-state index is 11.9. The van der Waals surface area contributed by atoms with Crippen LogP contribution in [0.3, 0.4) is 0 Å². The van der Waals surface area contributed by atoms with E-state index in [-0.39, 0.29) is 5.78 Å². The quantitative estimate of drug-likeness (QED) is 0.749. The predicted octanol–water partition coefficient (Wildman–Crippen LogP) is 3.88. The number of hydrogen-bond donors (Lipinski definition) is 0. The zero-order valence-corrected chi connectivity index (χ0v) is 11.2. The molecule has 1 aromatic carbocycles. The van der Waals surface area contributed by atoms with E-state index < -0.39 is 0 Å². The molecule has 0 fully saturated rings. The minimum Gasteiger partial charge on any atom is -0.348 e. The lowest BCUT2D eigenvalue weighted by Crippen LogP contribution is -2.05. The molecule has 0 aliphatic rings. The first-order valence-electron chi connectivity index (χ1n) is 6.06. The van der Waals surface area contributed by atoms with E-state index >= 15 is 0 Å². The maximum Gasteiger partial charge on any atom is 0.179 e. The van der Waals surface area contributed by atoms with Gasteiger partial charge in [0.1, 0.15) is 0 Å². The van der Waals surface area contributed by atoms with Gasteiger partial charge in [0, 0.05) is 24.7 Å². The van der Waals surface area contributed by atoms with E-state index in [4.69, 9.17) is 11.6 Å². The second kappa shape index (κ2) is 5.87. The molecule has 1 heterocycles. The molecule has 0 bridgehead atoms. The average molecular weight is 262 g/mol. The van der Waals surface area contributed by atoms with Gasteiger partial charge in [0.15, 0.2) is 5.78 Å². The average Bonchev–Trinajstić information content (AvgIpc) is 2.78. The Morgan fingerprint density at radius 1 is 1.22 bits per heavy atom. The minimum atomic E-state index is 0.205. The summed E-state index contributed by atoms with van der Waals surface area (Å²) in [5.74, 6) is 0.205. The minimum absolute atomic E-state index is 0.205. The molecule has 0 aliphatic carbocycles. The molecule has 2 rings (SSSR count). The Kier molecular flexibility index (Phi) is 4.21. The van der Waals surface area contributed by atoms with Crippen molar-refractivity contribution >= 4 is 17.4 Å². The summed E-state index contributed by atoms with van der Waals surface area (Å²) in [6.07, 6.45) is 4.26. The van der Waals surface area contributed by atoms with Crippen molar-refractivity contribution in [1.29, 1.82) is 0 Å². The van der Waals surface area contributed by atoms with E-state index in [1.54, 1.807) is 0 Å². The predicted molar refractivity (Wildman–Crippen MR) is 74.1 cm³/mol. The number of Topliss-reactive ketones (excluding diaryl/α,β-unsaturated/α-hetero) is 1. The Bertz CT molecular complexity index is 528. The van der Waals surface area contributed by atoms with Crippen LogP contribution in [-0.4, -0.2) is 10.4 Å². The number of aryl methyl sites for hydroxylation is 2. The molecule has 94 valence electrons. The Hall–Kier alpha value is -1.54. The number of ketones is 1. The molecule has 0 saturated heterocycles. The summed E-state index contributed by atoms with van der Waals surface area (Å²) in [6, 6.07) is 11.5. The van der Waals surface area contributed by atoms with Crippen LogP contribution in [0, 0.1) is 0 Å². The van der Waals surface area contributed by atoms with Crippen molar-refractivity contribution in [3.05, 3.63) is 58.9 Å². The molecule has 2 nitrogen and oxygen atoms in total. The van der Waals surface area contributed by atoms with E-state index in [2.05, 4.69) is 0 Å². The van der Waals surface area contributed by atoms with Gasteiger partial charge in [-0.15, -0.1) is 0 Å². The molecule has 18 heavy (non-hydrogen) atoms. The van der Waals surface area contributed by atoms with Crippen LogP contribution in [0.4, 0.5) is 0 Å². The molecule has 0 radical (unpaired) electrons. The standard InChI is InChI=1S/C15H16ClNO/c1-17-11-3-5-14(17)15(18)6-2-4-12-7-9-13(16)10-8-12/h3,5,7-11H,2,4,6H2,1H3. The third-order valence-electron chi connectivity index (χ3n) is 3.01. The SMILES string of the molecule is Cn1cccc1C(=O)CCCc1ccc(Cl)cc1. The Morgan fingerprint density at radius 2 is 1.94 bits per heavy atom. The van der Waals surface area contributed by atoms with Crippen molar-refractivity contribution in [3.63, 3.8) is 0 Å². The lowest BCUT2D eigenvalue weighted by molar-refractivity contribution is 0.0972. The molecule has 3 heteroatoms. The van der Waals surface area contributed by atoms with Crippen molar-refractivity contribution in [2.45, 2.75) is 19.3 Å². The Morgan fingerprint density at radius 3 is 2.56 bits per heavy atom. The lowest BCUT2D eigenvalue weighted by Gasteiger charge is -2.03. The van der Waals surface area contributed by atoms with Crippen LogP contribution in [0.5, 0.6) is 0 Å². The number of rotatable bonds is 5. The molecule has 0 atom stereocenters. The van der Waals surface area contributed by atoms with Gasteiger partial charge in [-0.3, -0.25) is 4.79 Å². The lowest BCUT2D eigenvalue weighted by atomic mass is 10.1. The smallest absolute Gasteiger partial charge is 0.179 e. The number of benzene rings is 1. The summed E-state index contributed by atoms with van der Waals surface area (Å²) in [5.41, 5.74) is 2.00. The topological polar surface area (TPSA) is 22.0 Å². The number of hydrogen-bond acceptors (Lipinski definition) is 1. The number of aromatic nitrogens is 1. The Balaban J connectivity index is 1.84. The molecular formula is C15H16ClNO. The fraction of sp³-hybridized carbons (Fsp3) is 0.267. The zero-order valence-electron chi connectivity index (χ0n) is 10.4. The fourth-order valence-electron chi connectivity index (χ4n) is 1.98. The van der Waals surface area contributed by atoms with E-state index in [1.165, 1.54) is 5.56 Å². The second-order valence-electron chi connectivity index (χ2n) is 4.41. The van der Waals surface area contributed by atoms with Gasteiger partial charge >= 0.3 is 0 Å². The largest absolute Gasteiger partial charge is 0.348 e. The van der Waals surface area contributed by atoms with E-state index in [0.717, 1.165) is 23.6 Å². The highest BCUT2D eigenvalue weighted by atomic mass is 35.5. The summed E-state index contributed by atoms with van der Waals surface area (Å²) in [4.78, 5) is 11.9. The van der Waals surface area contributed by atoms with Gasteiger partial charge in [-0.05, 0) is 42.7 Å². The summed E-state index contributed by atoms with van der Waals surface area (Å²) in [7, 11) is 1.90. The van der Waals surface area contributed by atoms with Crippen molar-refractivity contribution in [2.24, 2.45) is 7.05 Å². The van der Waals surface area contributed by atoms with Crippen molar-refractivity contribution in [1.82, 2.24) is 4.57 Å². The summed E-state index contributed by atoms with van der Waals surface area (Å²) < 4.78 is 1.87. The fourth-order valence-corrected chi connectivity index (χ4v) is 2.11. The van der Waals surface area contributed by atoms with Gasteiger partial charge < -0.3 is 4.57 Å². The molecule has 0 N–H and O–H groups in total. The van der Waals surface area contributed by atoms with Gasteiger partial charge in [0.2, 0.25) is 0 Å². The molecule has 1 aromatic heterocycles. The van der Waals surface area contributed by atoms with Crippen LogP contribution in [0.2, 0.25) is 5.02 Å². The van der Waals surface area contributed by atoms with Crippen molar-refractivity contribution in [3.8, 4) is 0 Å². The number of nitrogens with zero attached hydrogens (tertiary/aromatic N) is 1. The first-order chi connectivity index (χ1) is 8.66. The van der Waals surface area contributed by atoms with Crippen LogP contribution in [0.15, 0.2) is 42.6 Å². The highest BCUT2D eigenvalue weighted by molar-refractivity contribution is 6.30. The van der Waals surface area contributed by atoms with Gasteiger partial charge in [-0.25, -0.2) is 0 Å². The number of carbonyl (C=O) groups excluding carboxylic acids is 1. The molecule has 0 spiro atoms. The van der Waals surface area contributed by atoms with Gasteiger partial charge in [-0.2, -0.15) is 0 Å². The van der Waals surface area contributed by atoms with Crippen LogP contribution >= 0.6 is 11.6 Å². The monoisotopic (exact) mass is 261 g/mol. The van der Waals surface area contributed by atoms with Gasteiger partial charge in [0.25, 0.3) is 0 Å². The third kappa shape index (κ3) is 3.23. The molecule has 0 aliphatic heterocycles. The summed E-state index contributed by atoms with van der Waals surface area (Å²) >= 11 is 5.82. The molecular weight excluding hydrogens is 246 g/mol. The number of carbonyl (C=O) groups is 1. The molecule has 0 saturated carbocycles. The van der Waals surface area contributed by atoms with Crippen molar-refractivity contribution < 1.29 is 4.79 Å².